The minimum absolute atomic E-state index is 0.118. The number of carbonyl (C=O) groups is 2. The highest BCUT2D eigenvalue weighted by Gasteiger charge is 2.09. The zero-order valence-corrected chi connectivity index (χ0v) is 13.6. The summed E-state index contributed by atoms with van der Waals surface area (Å²) in [7, 11) is 0. The summed E-state index contributed by atoms with van der Waals surface area (Å²) in [4.78, 5) is 22.8. The van der Waals surface area contributed by atoms with Gasteiger partial charge in [0.05, 0.1) is 13.0 Å². The zero-order chi connectivity index (χ0) is 17.4. The molecular formula is C19H21NO4. The highest BCUT2D eigenvalue weighted by molar-refractivity contribution is 5.92. The van der Waals surface area contributed by atoms with E-state index in [4.69, 9.17) is 9.84 Å². The number of carbonyl (C=O) groups excluding carboxylic acids is 1. The van der Waals surface area contributed by atoms with Gasteiger partial charge in [-0.3, -0.25) is 9.59 Å². The van der Waals surface area contributed by atoms with Crippen LogP contribution in [0, 0.1) is 6.92 Å². The highest BCUT2D eigenvalue weighted by Crippen LogP contribution is 2.16. The van der Waals surface area contributed by atoms with Gasteiger partial charge >= 0.3 is 5.97 Å². The van der Waals surface area contributed by atoms with E-state index in [0.717, 1.165) is 11.3 Å². The average molecular weight is 327 g/mol. The fraction of sp³-hybridized carbons (Fsp3) is 0.263. The van der Waals surface area contributed by atoms with Crippen molar-refractivity contribution in [2.45, 2.75) is 26.2 Å². The molecule has 126 valence electrons. The Morgan fingerprint density at radius 3 is 2.67 bits per heavy atom. The second-order valence-corrected chi connectivity index (χ2v) is 5.54. The summed E-state index contributed by atoms with van der Waals surface area (Å²) in [5, 5.41) is 11.7. The quantitative estimate of drug-likeness (QED) is 0.729. The number of amides is 1. The Kier molecular flexibility index (Phi) is 6.37. The number of rotatable bonds is 8. The zero-order valence-electron chi connectivity index (χ0n) is 13.6. The summed E-state index contributed by atoms with van der Waals surface area (Å²) < 4.78 is 5.61. The maximum absolute atomic E-state index is 12.0. The molecule has 0 spiro atoms. The van der Waals surface area contributed by atoms with Crippen LogP contribution in [0.15, 0.2) is 48.5 Å². The molecule has 24 heavy (non-hydrogen) atoms. The molecule has 5 heteroatoms. The van der Waals surface area contributed by atoms with Crippen LogP contribution < -0.4 is 10.1 Å². The number of aryl methyl sites for hydroxylation is 1. The third-order valence-electron chi connectivity index (χ3n) is 3.44. The van der Waals surface area contributed by atoms with E-state index in [1.54, 1.807) is 24.3 Å². The van der Waals surface area contributed by atoms with Crippen LogP contribution in [-0.4, -0.2) is 23.6 Å². The molecule has 2 aromatic rings. The van der Waals surface area contributed by atoms with E-state index in [-0.39, 0.29) is 12.3 Å². The first-order valence-corrected chi connectivity index (χ1v) is 7.83. The van der Waals surface area contributed by atoms with Gasteiger partial charge in [-0.05, 0) is 42.7 Å². The van der Waals surface area contributed by atoms with Gasteiger partial charge in [-0.25, -0.2) is 0 Å². The SMILES string of the molecule is Cc1cccc(OCCCC(=O)Nc2ccccc2CC(=O)O)c1. The summed E-state index contributed by atoms with van der Waals surface area (Å²) in [6.45, 7) is 2.45. The first kappa shape index (κ1) is 17.5. The summed E-state index contributed by atoms with van der Waals surface area (Å²) in [5.74, 6) is -0.286. The van der Waals surface area contributed by atoms with E-state index in [2.05, 4.69) is 5.32 Å². The molecule has 0 bridgehead atoms. The van der Waals surface area contributed by atoms with Crippen molar-refractivity contribution in [3.05, 3.63) is 59.7 Å². The van der Waals surface area contributed by atoms with Gasteiger partial charge in [0.25, 0.3) is 0 Å². The van der Waals surface area contributed by atoms with Crippen LogP contribution in [0.25, 0.3) is 0 Å². The van der Waals surface area contributed by atoms with Crippen LogP contribution in [0.5, 0.6) is 5.75 Å². The van der Waals surface area contributed by atoms with Gasteiger partial charge in [-0.15, -0.1) is 0 Å². The number of ether oxygens (including phenoxy) is 1. The minimum Gasteiger partial charge on any atom is -0.494 e. The molecule has 0 saturated heterocycles. The van der Waals surface area contributed by atoms with Crippen molar-refractivity contribution in [3.63, 3.8) is 0 Å². The molecule has 1 amide bonds. The van der Waals surface area contributed by atoms with Crippen LogP contribution in [0.3, 0.4) is 0 Å². The van der Waals surface area contributed by atoms with E-state index in [1.807, 2.05) is 31.2 Å². The van der Waals surface area contributed by atoms with Crippen LogP contribution >= 0.6 is 0 Å². The third kappa shape index (κ3) is 5.76. The van der Waals surface area contributed by atoms with Crippen LogP contribution in [-0.2, 0) is 16.0 Å². The smallest absolute Gasteiger partial charge is 0.307 e. The summed E-state index contributed by atoms with van der Waals surface area (Å²) in [5.41, 5.74) is 2.26. The largest absolute Gasteiger partial charge is 0.494 e. The molecule has 0 aliphatic rings. The van der Waals surface area contributed by atoms with Gasteiger partial charge in [0.1, 0.15) is 5.75 Å². The number of para-hydroxylation sites is 1. The van der Waals surface area contributed by atoms with Gasteiger partial charge in [-0.1, -0.05) is 30.3 Å². The number of hydrogen-bond acceptors (Lipinski definition) is 3. The number of nitrogens with one attached hydrogen (secondary N) is 1. The van der Waals surface area contributed by atoms with Crippen LogP contribution in [0.2, 0.25) is 0 Å². The summed E-state index contributed by atoms with van der Waals surface area (Å²) >= 11 is 0. The molecule has 0 saturated carbocycles. The van der Waals surface area contributed by atoms with Gasteiger partial charge in [0.2, 0.25) is 5.91 Å². The molecule has 0 aliphatic carbocycles. The lowest BCUT2D eigenvalue weighted by Crippen LogP contribution is -2.15. The standard InChI is InChI=1S/C19H21NO4/c1-14-6-4-8-16(12-14)24-11-5-10-18(21)20-17-9-3-2-7-15(17)13-19(22)23/h2-4,6-9,12H,5,10-11,13H2,1H3,(H,20,21)(H,22,23). The van der Waals surface area contributed by atoms with Gasteiger partial charge in [-0.2, -0.15) is 0 Å². The molecule has 2 rings (SSSR count). The predicted octanol–water partition coefficient (Wildman–Crippen LogP) is 3.42. The maximum Gasteiger partial charge on any atom is 0.307 e. The summed E-state index contributed by atoms with van der Waals surface area (Å²) in [6, 6.07) is 14.7. The predicted molar refractivity (Wildman–Crippen MR) is 92.3 cm³/mol. The molecule has 2 aromatic carbocycles. The number of carboxylic acids is 1. The van der Waals surface area contributed by atoms with Gasteiger partial charge in [0.15, 0.2) is 0 Å². The van der Waals surface area contributed by atoms with Gasteiger partial charge < -0.3 is 15.2 Å². The number of aliphatic carboxylic acids is 1. The molecular weight excluding hydrogens is 306 g/mol. The second-order valence-electron chi connectivity index (χ2n) is 5.54. The number of anilines is 1. The molecule has 5 nitrogen and oxygen atoms in total. The van der Waals surface area contributed by atoms with Crippen molar-refractivity contribution >= 4 is 17.6 Å². The molecule has 2 N–H and O–H groups in total. The normalized spacial score (nSPS) is 10.2. The lowest BCUT2D eigenvalue weighted by atomic mass is 10.1. The number of carboxylic acid groups (broad SMARTS) is 1. The monoisotopic (exact) mass is 327 g/mol. The molecule has 0 atom stereocenters. The topological polar surface area (TPSA) is 75.6 Å². The van der Waals surface area contributed by atoms with Crippen molar-refractivity contribution < 1.29 is 19.4 Å². The number of benzene rings is 2. The van der Waals surface area contributed by atoms with Crippen molar-refractivity contribution in [3.8, 4) is 5.75 Å². The van der Waals surface area contributed by atoms with E-state index in [9.17, 15) is 9.59 Å². The molecule has 0 radical (unpaired) electrons. The second kappa shape index (κ2) is 8.72. The maximum atomic E-state index is 12.0. The average Bonchev–Trinajstić information content (AvgIpc) is 2.53. The molecule has 0 heterocycles. The van der Waals surface area contributed by atoms with Crippen LogP contribution in [0.4, 0.5) is 5.69 Å². The fourth-order valence-corrected chi connectivity index (χ4v) is 2.30. The van der Waals surface area contributed by atoms with Crippen molar-refractivity contribution in [1.82, 2.24) is 0 Å². The lowest BCUT2D eigenvalue weighted by Gasteiger charge is -2.10. The Labute approximate surface area is 141 Å². The van der Waals surface area contributed by atoms with E-state index >= 15 is 0 Å². The highest BCUT2D eigenvalue weighted by atomic mass is 16.5. The fourth-order valence-electron chi connectivity index (χ4n) is 2.30. The molecule has 0 aliphatic heterocycles. The third-order valence-corrected chi connectivity index (χ3v) is 3.44. The van der Waals surface area contributed by atoms with Crippen molar-refractivity contribution in [2.75, 3.05) is 11.9 Å². The first-order chi connectivity index (χ1) is 11.5. The first-order valence-electron chi connectivity index (χ1n) is 7.83. The molecule has 0 fully saturated rings. The van der Waals surface area contributed by atoms with E-state index < -0.39 is 5.97 Å². The van der Waals surface area contributed by atoms with E-state index in [0.29, 0.717) is 30.7 Å². The Hall–Kier alpha value is -2.82. The Balaban J connectivity index is 1.78. The Morgan fingerprint density at radius 1 is 1.12 bits per heavy atom. The van der Waals surface area contributed by atoms with Gasteiger partial charge in [0, 0.05) is 12.1 Å². The van der Waals surface area contributed by atoms with Crippen molar-refractivity contribution in [1.29, 1.82) is 0 Å². The van der Waals surface area contributed by atoms with Crippen molar-refractivity contribution in [2.24, 2.45) is 0 Å². The molecule has 0 unspecified atom stereocenters. The minimum atomic E-state index is -0.928. The molecule has 0 aromatic heterocycles. The van der Waals surface area contributed by atoms with E-state index in [1.165, 1.54) is 0 Å². The summed E-state index contributed by atoms with van der Waals surface area (Å²) in [6.07, 6.45) is 0.779. The Bertz CT molecular complexity index is 712. The lowest BCUT2D eigenvalue weighted by molar-refractivity contribution is -0.136. The Morgan fingerprint density at radius 2 is 1.92 bits per heavy atom. The van der Waals surface area contributed by atoms with Crippen LogP contribution in [0.1, 0.15) is 24.0 Å². The number of hydrogen-bond donors (Lipinski definition) is 2.